The summed E-state index contributed by atoms with van der Waals surface area (Å²) < 4.78 is 11.0. The van der Waals surface area contributed by atoms with E-state index in [1.54, 1.807) is 0 Å². The van der Waals surface area contributed by atoms with Gasteiger partial charge in [-0.05, 0) is 25.4 Å². The molecular formula is C11H22O2Si. The maximum Gasteiger partial charge on any atom is 0.184 e. The molecule has 0 atom stereocenters. The van der Waals surface area contributed by atoms with Gasteiger partial charge in [-0.3, -0.25) is 0 Å². The Hall–Kier alpha value is -0.383. The predicted octanol–water partition coefficient (Wildman–Crippen LogP) is 2.53. The Morgan fingerprint density at radius 3 is 2.29 bits per heavy atom. The molecule has 0 aromatic heterocycles. The molecule has 0 aromatic carbocycles. The highest BCUT2D eigenvalue weighted by Crippen LogP contribution is 2.03. The fourth-order valence-corrected chi connectivity index (χ4v) is 2.87. The second-order valence-corrected chi connectivity index (χ2v) is 5.61. The van der Waals surface area contributed by atoms with E-state index >= 15 is 0 Å². The van der Waals surface area contributed by atoms with Gasteiger partial charge in [-0.15, -0.1) is 13.2 Å². The molecule has 0 rings (SSSR count). The third-order valence-corrected chi connectivity index (χ3v) is 4.28. The molecule has 0 unspecified atom stereocenters. The van der Waals surface area contributed by atoms with Crippen LogP contribution in [0.5, 0.6) is 0 Å². The third-order valence-electron chi connectivity index (χ3n) is 1.85. The molecule has 0 bridgehead atoms. The Bertz CT molecular complexity index is 138. The zero-order valence-corrected chi connectivity index (χ0v) is 10.4. The Labute approximate surface area is 89.3 Å². The number of ether oxygens (including phenoxy) is 1. The molecule has 14 heavy (non-hydrogen) atoms. The van der Waals surface area contributed by atoms with Crippen molar-refractivity contribution >= 4 is 9.04 Å². The first-order chi connectivity index (χ1) is 6.85. The number of allylic oxidation sites excluding steroid dienone is 2. The van der Waals surface area contributed by atoms with Crippen molar-refractivity contribution in [3.8, 4) is 0 Å². The summed E-state index contributed by atoms with van der Waals surface area (Å²) in [5, 5.41) is 0. The van der Waals surface area contributed by atoms with Gasteiger partial charge >= 0.3 is 0 Å². The molecule has 0 N–H and O–H groups in total. The molecule has 0 spiro atoms. The lowest BCUT2D eigenvalue weighted by Crippen LogP contribution is -2.17. The number of hydrogen-bond acceptors (Lipinski definition) is 2. The van der Waals surface area contributed by atoms with Gasteiger partial charge in [0, 0.05) is 19.8 Å². The smallest absolute Gasteiger partial charge is 0.184 e. The molecule has 3 heteroatoms. The predicted molar refractivity (Wildman–Crippen MR) is 64.2 cm³/mol. The van der Waals surface area contributed by atoms with Gasteiger partial charge in [0.2, 0.25) is 0 Å². The van der Waals surface area contributed by atoms with E-state index < -0.39 is 9.04 Å². The Morgan fingerprint density at radius 2 is 1.79 bits per heavy atom. The summed E-state index contributed by atoms with van der Waals surface area (Å²) in [5.41, 5.74) is 0. The van der Waals surface area contributed by atoms with Gasteiger partial charge < -0.3 is 9.16 Å². The second-order valence-electron chi connectivity index (χ2n) is 3.09. The van der Waals surface area contributed by atoms with Gasteiger partial charge in [-0.2, -0.15) is 0 Å². The highest BCUT2D eigenvalue weighted by Gasteiger charge is 2.06. The molecule has 0 saturated heterocycles. The van der Waals surface area contributed by atoms with Crippen LogP contribution in [0.15, 0.2) is 25.3 Å². The van der Waals surface area contributed by atoms with Crippen LogP contribution >= 0.6 is 0 Å². The molecule has 0 saturated carbocycles. The molecule has 0 aliphatic rings. The van der Waals surface area contributed by atoms with E-state index in [-0.39, 0.29) is 0 Å². The molecular weight excluding hydrogens is 192 g/mol. The van der Waals surface area contributed by atoms with Crippen molar-refractivity contribution in [2.75, 3.05) is 19.8 Å². The largest absolute Gasteiger partial charge is 0.419 e. The fourth-order valence-electron chi connectivity index (χ4n) is 1.16. The minimum Gasteiger partial charge on any atom is -0.419 e. The molecule has 0 amide bonds. The highest BCUT2D eigenvalue weighted by atomic mass is 28.3. The minimum atomic E-state index is -1.08. The van der Waals surface area contributed by atoms with Crippen LogP contribution in [0, 0.1) is 0 Å². The van der Waals surface area contributed by atoms with Crippen molar-refractivity contribution in [2.24, 2.45) is 0 Å². The summed E-state index contributed by atoms with van der Waals surface area (Å²) in [6.45, 7) is 11.9. The lowest BCUT2D eigenvalue weighted by Gasteiger charge is -2.12. The van der Waals surface area contributed by atoms with Crippen LogP contribution < -0.4 is 0 Å². The first-order valence-corrected chi connectivity index (χ1v) is 7.36. The SMILES string of the molecule is C=CC[SiH](CC=C)OCCCOCC. The molecule has 0 aliphatic heterocycles. The van der Waals surface area contributed by atoms with E-state index in [0.717, 1.165) is 38.3 Å². The molecule has 2 nitrogen and oxygen atoms in total. The summed E-state index contributed by atoms with van der Waals surface area (Å²) in [7, 11) is -1.08. The van der Waals surface area contributed by atoms with Crippen LogP contribution in [0.4, 0.5) is 0 Å². The Kier molecular flexibility index (Phi) is 10.4. The number of hydrogen-bond donors (Lipinski definition) is 0. The molecule has 0 aliphatic carbocycles. The van der Waals surface area contributed by atoms with Crippen LogP contribution in [-0.4, -0.2) is 28.9 Å². The summed E-state index contributed by atoms with van der Waals surface area (Å²) >= 11 is 0. The fraction of sp³-hybridized carbons (Fsp3) is 0.636. The summed E-state index contributed by atoms with van der Waals surface area (Å²) in [6.07, 6.45) is 4.89. The van der Waals surface area contributed by atoms with Crippen molar-refractivity contribution < 1.29 is 9.16 Å². The van der Waals surface area contributed by atoms with Gasteiger partial charge in [-0.25, -0.2) is 0 Å². The second kappa shape index (κ2) is 10.7. The van der Waals surface area contributed by atoms with Gasteiger partial charge in [-0.1, -0.05) is 12.2 Å². The Morgan fingerprint density at radius 1 is 1.14 bits per heavy atom. The molecule has 0 fully saturated rings. The monoisotopic (exact) mass is 214 g/mol. The van der Waals surface area contributed by atoms with Crippen LogP contribution in [0.1, 0.15) is 13.3 Å². The van der Waals surface area contributed by atoms with Crippen molar-refractivity contribution in [1.82, 2.24) is 0 Å². The van der Waals surface area contributed by atoms with Crippen molar-refractivity contribution in [1.29, 1.82) is 0 Å². The molecule has 0 aromatic rings. The number of rotatable bonds is 10. The average Bonchev–Trinajstić information content (AvgIpc) is 2.18. The Balaban J connectivity index is 3.39. The normalized spacial score (nSPS) is 10.4. The third kappa shape index (κ3) is 8.23. The van der Waals surface area contributed by atoms with Crippen LogP contribution in [0.3, 0.4) is 0 Å². The minimum absolute atomic E-state index is 0.792. The summed E-state index contributed by atoms with van der Waals surface area (Å²) in [6, 6.07) is 2.06. The van der Waals surface area contributed by atoms with Crippen LogP contribution in [-0.2, 0) is 9.16 Å². The van der Waals surface area contributed by atoms with E-state index in [0.29, 0.717) is 0 Å². The van der Waals surface area contributed by atoms with Crippen molar-refractivity contribution in [3.05, 3.63) is 25.3 Å². The molecule has 0 radical (unpaired) electrons. The zero-order chi connectivity index (χ0) is 10.6. The van der Waals surface area contributed by atoms with Gasteiger partial charge in [0.15, 0.2) is 9.04 Å². The molecule has 0 heterocycles. The van der Waals surface area contributed by atoms with E-state index in [9.17, 15) is 0 Å². The van der Waals surface area contributed by atoms with E-state index in [1.165, 1.54) is 0 Å². The maximum atomic E-state index is 5.79. The zero-order valence-electron chi connectivity index (χ0n) is 9.21. The quantitative estimate of drug-likeness (QED) is 0.316. The first-order valence-electron chi connectivity index (χ1n) is 5.26. The molecule has 82 valence electrons. The van der Waals surface area contributed by atoms with Gasteiger partial charge in [0.05, 0.1) is 0 Å². The van der Waals surface area contributed by atoms with Crippen molar-refractivity contribution in [2.45, 2.75) is 25.4 Å². The van der Waals surface area contributed by atoms with Gasteiger partial charge in [0.25, 0.3) is 0 Å². The van der Waals surface area contributed by atoms with E-state index in [1.807, 2.05) is 19.1 Å². The topological polar surface area (TPSA) is 18.5 Å². The first kappa shape index (κ1) is 13.6. The summed E-state index contributed by atoms with van der Waals surface area (Å²) in [5.74, 6) is 0. The van der Waals surface area contributed by atoms with Crippen molar-refractivity contribution in [3.63, 3.8) is 0 Å². The standard InChI is InChI=1S/C11H22O2Si/c1-4-10-14(11-5-2)13-9-7-8-12-6-3/h4-5,14H,1-2,6-11H2,3H3. The lowest BCUT2D eigenvalue weighted by molar-refractivity contribution is 0.130. The van der Waals surface area contributed by atoms with Crippen LogP contribution in [0.2, 0.25) is 12.1 Å². The van der Waals surface area contributed by atoms with E-state index in [4.69, 9.17) is 9.16 Å². The summed E-state index contributed by atoms with van der Waals surface area (Å²) in [4.78, 5) is 0. The highest BCUT2D eigenvalue weighted by molar-refractivity contribution is 6.52. The van der Waals surface area contributed by atoms with Crippen LogP contribution in [0.25, 0.3) is 0 Å². The van der Waals surface area contributed by atoms with Gasteiger partial charge in [0.1, 0.15) is 0 Å². The van der Waals surface area contributed by atoms with E-state index in [2.05, 4.69) is 13.2 Å². The average molecular weight is 214 g/mol. The lowest BCUT2D eigenvalue weighted by atomic mass is 10.5. The maximum absolute atomic E-state index is 5.79.